The van der Waals surface area contributed by atoms with Gasteiger partial charge in [0.1, 0.15) is 5.75 Å². The summed E-state index contributed by atoms with van der Waals surface area (Å²) in [5, 5.41) is 11.2. The summed E-state index contributed by atoms with van der Waals surface area (Å²) in [6, 6.07) is 12.2. The van der Waals surface area contributed by atoms with Crippen LogP contribution in [0.4, 0.5) is 5.69 Å². The van der Waals surface area contributed by atoms with Crippen LogP contribution in [0.3, 0.4) is 0 Å². The molecule has 0 N–H and O–H groups in total. The number of hydrogen-bond acceptors (Lipinski definition) is 6. The lowest BCUT2D eigenvalue weighted by Crippen LogP contribution is -2.16. The van der Waals surface area contributed by atoms with Gasteiger partial charge in [-0.1, -0.05) is 23.7 Å². The van der Waals surface area contributed by atoms with Crippen molar-refractivity contribution < 1.29 is 23.1 Å². The molecule has 0 aliphatic carbocycles. The largest absolute Gasteiger partial charge is 0.530 e. The lowest BCUT2D eigenvalue weighted by Gasteiger charge is -2.29. The number of non-ortho nitro benzene ring substituents is 1. The maximum Gasteiger partial charge on any atom is 0.530 e. The molecule has 2 aromatic carbocycles. The van der Waals surface area contributed by atoms with Crippen molar-refractivity contribution in [3.8, 4) is 5.75 Å². The first-order valence-corrected chi connectivity index (χ1v) is 8.91. The predicted molar refractivity (Wildman–Crippen MR) is 87.2 cm³/mol. The summed E-state index contributed by atoms with van der Waals surface area (Å²) >= 11 is 5.96. The van der Waals surface area contributed by atoms with E-state index in [0.717, 1.165) is 5.56 Å². The molecule has 1 aliphatic heterocycles. The van der Waals surface area contributed by atoms with Crippen molar-refractivity contribution in [2.75, 3.05) is 6.61 Å². The summed E-state index contributed by atoms with van der Waals surface area (Å²) in [7, 11) is -3.82. The van der Waals surface area contributed by atoms with Crippen LogP contribution in [0.15, 0.2) is 48.5 Å². The average Bonchev–Trinajstić information content (AvgIpc) is 2.55. The molecule has 0 bridgehead atoms. The topological polar surface area (TPSA) is 87.9 Å². The highest BCUT2D eigenvalue weighted by Crippen LogP contribution is 2.56. The van der Waals surface area contributed by atoms with E-state index in [1.54, 1.807) is 18.2 Å². The van der Waals surface area contributed by atoms with Crippen LogP contribution < -0.4 is 4.52 Å². The second kappa shape index (κ2) is 6.91. The summed E-state index contributed by atoms with van der Waals surface area (Å²) < 4.78 is 28.7. The van der Waals surface area contributed by atoms with Crippen LogP contribution in [-0.2, 0) is 13.6 Å². The predicted octanol–water partition coefficient (Wildman–Crippen LogP) is 4.91. The molecule has 0 aromatic heterocycles. The van der Waals surface area contributed by atoms with E-state index >= 15 is 0 Å². The Hall–Kier alpha value is -1.92. The third-order valence-electron chi connectivity index (χ3n) is 3.37. The molecule has 1 unspecified atom stereocenters. The maximum atomic E-state index is 12.7. The zero-order chi connectivity index (χ0) is 17.2. The van der Waals surface area contributed by atoms with Crippen LogP contribution in [0.5, 0.6) is 5.75 Å². The monoisotopic (exact) mass is 369 g/mol. The fraction of sp³-hybridized carbons (Fsp3) is 0.200. The molecule has 1 aliphatic rings. The van der Waals surface area contributed by atoms with Gasteiger partial charge in [-0.2, -0.15) is 0 Å². The van der Waals surface area contributed by atoms with Gasteiger partial charge in [-0.3, -0.25) is 19.2 Å². The number of benzene rings is 2. The summed E-state index contributed by atoms with van der Waals surface area (Å²) in [4.78, 5) is 10.1. The Bertz CT molecular complexity index is 797. The molecule has 1 fully saturated rings. The van der Waals surface area contributed by atoms with E-state index in [4.69, 9.17) is 25.2 Å². The highest BCUT2D eigenvalue weighted by atomic mass is 35.5. The SMILES string of the molecule is O=[N+]([O-])c1ccc(O[P@]2(=O)OCCC(c3cccc(Cl)c3)O2)cc1. The quantitative estimate of drug-likeness (QED) is 0.432. The minimum Gasteiger partial charge on any atom is -0.404 e. The zero-order valence-electron chi connectivity index (χ0n) is 12.3. The van der Waals surface area contributed by atoms with Crippen LogP contribution >= 0.6 is 19.4 Å². The first-order chi connectivity index (χ1) is 11.5. The van der Waals surface area contributed by atoms with E-state index in [1.807, 2.05) is 6.07 Å². The Balaban J connectivity index is 1.75. The van der Waals surface area contributed by atoms with Gasteiger partial charge < -0.3 is 4.52 Å². The van der Waals surface area contributed by atoms with Gasteiger partial charge in [0.05, 0.1) is 17.6 Å². The minimum absolute atomic E-state index is 0.0945. The van der Waals surface area contributed by atoms with Crippen molar-refractivity contribution in [1.29, 1.82) is 0 Å². The van der Waals surface area contributed by atoms with Crippen LogP contribution in [0.1, 0.15) is 18.1 Å². The molecule has 7 nitrogen and oxygen atoms in total. The number of nitro benzene ring substituents is 1. The Morgan fingerprint density at radius 1 is 1.25 bits per heavy atom. The molecule has 1 heterocycles. The number of phosphoric acid groups is 1. The number of nitro groups is 1. The second-order valence-corrected chi connectivity index (χ2v) is 7.04. The van der Waals surface area contributed by atoms with Crippen LogP contribution in [-0.4, -0.2) is 11.5 Å². The fourth-order valence-electron chi connectivity index (χ4n) is 2.25. The first-order valence-electron chi connectivity index (χ1n) is 7.08. The van der Waals surface area contributed by atoms with Crippen molar-refractivity contribution in [1.82, 2.24) is 0 Å². The molecular formula is C15H13ClNO6P. The van der Waals surface area contributed by atoms with Crippen molar-refractivity contribution in [2.24, 2.45) is 0 Å². The Kier molecular flexibility index (Phi) is 4.87. The van der Waals surface area contributed by atoms with Crippen LogP contribution in [0, 0.1) is 10.1 Å². The smallest absolute Gasteiger partial charge is 0.404 e. The maximum absolute atomic E-state index is 12.7. The summed E-state index contributed by atoms with van der Waals surface area (Å²) in [6.07, 6.45) is 0.0369. The molecule has 9 heteroatoms. The molecule has 0 amide bonds. The van der Waals surface area contributed by atoms with Gasteiger partial charge in [0, 0.05) is 23.6 Å². The molecule has 1 saturated heterocycles. The van der Waals surface area contributed by atoms with Gasteiger partial charge in [-0.15, -0.1) is 0 Å². The number of rotatable bonds is 4. The Morgan fingerprint density at radius 2 is 2.00 bits per heavy atom. The molecule has 2 aromatic rings. The molecule has 24 heavy (non-hydrogen) atoms. The molecule has 126 valence electrons. The normalized spacial score (nSPS) is 23.6. The van der Waals surface area contributed by atoms with Gasteiger partial charge in [-0.05, 0) is 29.8 Å². The van der Waals surface area contributed by atoms with E-state index in [1.165, 1.54) is 24.3 Å². The molecule has 0 spiro atoms. The summed E-state index contributed by atoms with van der Waals surface area (Å²) in [5.41, 5.74) is 0.682. The van der Waals surface area contributed by atoms with E-state index in [2.05, 4.69) is 0 Å². The molecule has 2 atom stereocenters. The molecule has 0 radical (unpaired) electrons. The summed E-state index contributed by atoms with van der Waals surface area (Å²) in [6.45, 7) is 0.196. The third-order valence-corrected chi connectivity index (χ3v) is 5.05. The highest BCUT2D eigenvalue weighted by Gasteiger charge is 2.37. The van der Waals surface area contributed by atoms with Gasteiger partial charge in [0.2, 0.25) is 0 Å². The second-order valence-electron chi connectivity index (χ2n) is 5.06. The van der Waals surface area contributed by atoms with Crippen molar-refractivity contribution in [2.45, 2.75) is 12.5 Å². The van der Waals surface area contributed by atoms with E-state index < -0.39 is 18.8 Å². The average molecular weight is 370 g/mol. The number of phosphoric ester groups is 1. The molecule has 0 saturated carbocycles. The number of halogens is 1. The van der Waals surface area contributed by atoms with Gasteiger partial charge in [-0.25, -0.2) is 4.57 Å². The van der Waals surface area contributed by atoms with Crippen LogP contribution in [0.2, 0.25) is 5.02 Å². The number of nitrogens with zero attached hydrogens (tertiary/aromatic N) is 1. The van der Waals surface area contributed by atoms with Crippen LogP contribution in [0.25, 0.3) is 0 Å². The standard InChI is InChI=1S/C15H13ClNO6P/c16-12-3-1-2-11(10-12)15-8-9-21-24(20,23-15)22-14-6-4-13(5-7-14)17(18)19/h1-7,10,15H,8-9H2/t15?,24-/m0/s1. The third kappa shape index (κ3) is 3.94. The lowest BCUT2D eigenvalue weighted by atomic mass is 10.1. The Morgan fingerprint density at radius 3 is 2.67 bits per heavy atom. The fourth-order valence-corrected chi connectivity index (χ4v) is 3.85. The van der Waals surface area contributed by atoms with Crippen molar-refractivity contribution >= 4 is 25.1 Å². The highest BCUT2D eigenvalue weighted by molar-refractivity contribution is 7.49. The molecular weight excluding hydrogens is 357 g/mol. The first kappa shape index (κ1) is 16.9. The summed E-state index contributed by atoms with van der Waals surface area (Å²) in [5.74, 6) is 0.163. The minimum atomic E-state index is -3.82. The van der Waals surface area contributed by atoms with Gasteiger partial charge >= 0.3 is 7.82 Å². The number of hydrogen-bond donors (Lipinski definition) is 0. The van der Waals surface area contributed by atoms with Gasteiger partial charge in [0.15, 0.2) is 0 Å². The van der Waals surface area contributed by atoms with E-state index in [0.29, 0.717) is 11.4 Å². The Labute approximate surface area is 142 Å². The van der Waals surface area contributed by atoms with Gasteiger partial charge in [0.25, 0.3) is 5.69 Å². The van der Waals surface area contributed by atoms with E-state index in [9.17, 15) is 14.7 Å². The van der Waals surface area contributed by atoms with Crippen molar-refractivity contribution in [3.63, 3.8) is 0 Å². The van der Waals surface area contributed by atoms with E-state index in [-0.39, 0.29) is 18.0 Å². The van der Waals surface area contributed by atoms with Crippen molar-refractivity contribution in [3.05, 3.63) is 69.2 Å². The molecule has 3 rings (SSSR count). The lowest BCUT2D eigenvalue weighted by molar-refractivity contribution is -0.384. The zero-order valence-corrected chi connectivity index (χ0v) is 14.0.